The summed E-state index contributed by atoms with van der Waals surface area (Å²) in [4.78, 5) is 22.1. The van der Waals surface area contributed by atoms with E-state index in [1.54, 1.807) is 0 Å². The monoisotopic (exact) mass is 269 g/mol. The van der Waals surface area contributed by atoms with Crippen LogP contribution in [0.15, 0.2) is 24.3 Å². The summed E-state index contributed by atoms with van der Waals surface area (Å²) < 4.78 is 22.3. The van der Waals surface area contributed by atoms with Crippen molar-refractivity contribution in [3.63, 3.8) is 0 Å². The molecule has 0 saturated carbocycles. The number of rotatable bonds is 7. The van der Waals surface area contributed by atoms with Crippen LogP contribution in [0.3, 0.4) is 0 Å². The minimum Gasteiger partial charge on any atom is -0.493 e. The van der Waals surface area contributed by atoms with Crippen molar-refractivity contribution in [2.45, 2.75) is 12.8 Å². The highest BCUT2D eigenvalue weighted by molar-refractivity contribution is 5.77. The van der Waals surface area contributed by atoms with E-state index < -0.39 is 0 Å². The maximum absolute atomic E-state index is 12.6. The van der Waals surface area contributed by atoms with Gasteiger partial charge in [-0.05, 0) is 24.3 Å². The Morgan fingerprint density at radius 2 is 1.89 bits per heavy atom. The van der Waals surface area contributed by atoms with Crippen molar-refractivity contribution in [3.8, 4) is 5.75 Å². The molecule has 0 aliphatic carbocycles. The molecule has 1 amide bonds. The van der Waals surface area contributed by atoms with E-state index in [2.05, 4.69) is 10.1 Å². The zero-order chi connectivity index (χ0) is 14.1. The van der Waals surface area contributed by atoms with Crippen LogP contribution < -0.4 is 10.1 Å². The first-order valence-electron chi connectivity index (χ1n) is 5.83. The minimum atomic E-state index is -0.372. The molecule has 19 heavy (non-hydrogen) atoms. The number of carbonyl (C=O) groups excluding carboxylic acids is 2. The summed E-state index contributed by atoms with van der Waals surface area (Å²) in [6.07, 6.45) is 0.305. The average Bonchev–Trinajstić information content (AvgIpc) is 2.41. The molecule has 5 nitrogen and oxygen atoms in total. The van der Waals surface area contributed by atoms with Crippen molar-refractivity contribution >= 4 is 11.9 Å². The molecular weight excluding hydrogens is 253 g/mol. The summed E-state index contributed by atoms with van der Waals surface area (Å²) in [5.41, 5.74) is 0. The topological polar surface area (TPSA) is 64.6 Å². The Morgan fingerprint density at radius 1 is 1.21 bits per heavy atom. The molecule has 1 aromatic rings. The highest BCUT2D eigenvalue weighted by Crippen LogP contribution is 2.10. The van der Waals surface area contributed by atoms with Gasteiger partial charge in [0.2, 0.25) is 5.91 Å². The maximum Gasteiger partial charge on any atom is 0.307 e. The van der Waals surface area contributed by atoms with Gasteiger partial charge < -0.3 is 14.8 Å². The minimum absolute atomic E-state index is 0.140. The Hall–Kier alpha value is -2.11. The molecule has 0 radical (unpaired) electrons. The summed E-state index contributed by atoms with van der Waals surface area (Å²) in [6, 6.07) is 5.55. The van der Waals surface area contributed by atoms with Gasteiger partial charge in [-0.15, -0.1) is 0 Å². The van der Waals surface area contributed by atoms with Gasteiger partial charge in [0.15, 0.2) is 0 Å². The first kappa shape index (κ1) is 14.9. The van der Waals surface area contributed by atoms with Crippen molar-refractivity contribution < 1.29 is 23.5 Å². The van der Waals surface area contributed by atoms with Gasteiger partial charge in [-0.1, -0.05) is 0 Å². The fourth-order valence-electron chi connectivity index (χ4n) is 1.29. The van der Waals surface area contributed by atoms with Crippen LogP contribution in [0.5, 0.6) is 5.75 Å². The van der Waals surface area contributed by atoms with Crippen LogP contribution in [0.2, 0.25) is 0 Å². The Bertz CT molecular complexity index is 419. The first-order valence-corrected chi connectivity index (χ1v) is 5.83. The molecule has 0 saturated heterocycles. The predicted octanol–water partition coefficient (Wildman–Crippen LogP) is 1.27. The van der Waals surface area contributed by atoms with Crippen LogP contribution in [0.4, 0.5) is 4.39 Å². The zero-order valence-electron chi connectivity index (χ0n) is 10.6. The van der Waals surface area contributed by atoms with Crippen LogP contribution in [0.1, 0.15) is 12.8 Å². The number of hydrogen-bond donors (Lipinski definition) is 1. The Kier molecular flexibility index (Phi) is 6.35. The zero-order valence-corrected chi connectivity index (χ0v) is 10.6. The van der Waals surface area contributed by atoms with Crippen LogP contribution in [0.25, 0.3) is 0 Å². The molecule has 1 rings (SSSR count). The number of nitrogens with one attached hydrogen (secondary N) is 1. The second-order valence-corrected chi connectivity index (χ2v) is 3.73. The number of hydrogen-bond acceptors (Lipinski definition) is 4. The second-order valence-electron chi connectivity index (χ2n) is 3.73. The second kappa shape index (κ2) is 8.07. The third-order valence-corrected chi connectivity index (χ3v) is 2.29. The first-order chi connectivity index (χ1) is 9.11. The lowest BCUT2D eigenvalue weighted by Crippen LogP contribution is -2.27. The van der Waals surface area contributed by atoms with Gasteiger partial charge in [0, 0.05) is 6.54 Å². The molecule has 0 unspecified atom stereocenters. The molecule has 0 aliphatic rings. The Labute approximate surface area is 110 Å². The molecule has 1 aromatic carbocycles. The van der Waals surface area contributed by atoms with Crippen LogP contribution >= 0.6 is 0 Å². The molecule has 0 bridgehead atoms. The van der Waals surface area contributed by atoms with E-state index in [4.69, 9.17) is 4.74 Å². The molecule has 0 aromatic heterocycles. The fraction of sp³-hybridized carbons (Fsp3) is 0.385. The van der Waals surface area contributed by atoms with Gasteiger partial charge in [-0.2, -0.15) is 0 Å². The van der Waals surface area contributed by atoms with E-state index in [0.717, 1.165) is 0 Å². The smallest absolute Gasteiger partial charge is 0.307 e. The molecule has 0 spiro atoms. The highest BCUT2D eigenvalue weighted by Gasteiger charge is 2.04. The van der Waals surface area contributed by atoms with E-state index in [9.17, 15) is 14.0 Å². The summed E-state index contributed by atoms with van der Waals surface area (Å²) >= 11 is 0. The van der Waals surface area contributed by atoms with Gasteiger partial charge in [-0.3, -0.25) is 9.59 Å². The lowest BCUT2D eigenvalue weighted by atomic mass is 10.3. The van der Waals surface area contributed by atoms with Gasteiger partial charge in [0.25, 0.3) is 0 Å². The average molecular weight is 269 g/mol. The van der Waals surface area contributed by atoms with E-state index in [0.29, 0.717) is 5.75 Å². The van der Waals surface area contributed by atoms with Gasteiger partial charge in [0.05, 0.1) is 26.6 Å². The van der Waals surface area contributed by atoms with Gasteiger partial charge in [0.1, 0.15) is 11.6 Å². The number of halogens is 1. The number of ether oxygens (including phenoxy) is 2. The summed E-state index contributed by atoms with van der Waals surface area (Å²) in [7, 11) is 1.29. The van der Waals surface area contributed by atoms with Crippen molar-refractivity contribution in [1.82, 2.24) is 5.32 Å². The molecule has 0 aliphatic heterocycles. The van der Waals surface area contributed by atoms with Crippen LogP contribution in [-0.2, 0) is 14.3 Å². The largest absolute Gasteiger partial charge is 0.493 e. The lowest BCUT2D eigenvalue weighted by molar-refractivity contribution is -0.140. The highest BCUT2D eigenvalue weighted by atomic mass is 19.1. The SMILES string of the molecule is COC(=O)CCNC(=O)CCOc1ccc(F)cc1. The number of benzene rings is 1. The molecule has 0 fully saturated rings. The molecule has 0 atom stereocenters. The standard InChI is InChI=1S/C13H16FNO4/c1-18-13(17)6-8-15-12(16)7-9-19-11-4-2-10(14)3-5-11/h2-5H,6-9H2,1H3,(H,15,16). The number of esters is 1. The van der Waals surface area contributed by atoms with Crippen molar-refractivity contribution in [2.75, 3.05) is 20.3 Å². The molecular formula is C13H16FNO4. The van der Waals surface area contributed by atoms with Crippen molar-refractivity contribution in [2.24, 2.45) is 0 Å². The molecule has 6 heteroatoms. The third kappa shape index (κ3) is 6.40. The van der Waals surface area contributed by atoms with E-state index in [-0.39, 0.29) is 43.7 Å². The normalized spacial score (nSPS) is 9.79. The Morgan fingerprint density at radius 3 is 2.53 bits per heavy atom. The molecule has 1 N–H and O–H groups in total. The summed E-state index contributed by atoms with van der Waals surface area (Å²) in [5, 5.41) is 2.56. The van der Waals surface area contributed by atoms with E-state index in [1.807, 2.05) is 0 Å². The third-order valence-electron chi connectivity index (χ3n) is 2.29. The summed E-state index contributed by atoms with van der Waals surface area (Å²) in [5.74, 6) is -0.425. The van der Waals surface area contributed by atoms with Crippen LogP contribution in [-0.4, -0.2) is 32.1 Å². The predicted molar refractivity (Wildman–Crippen MR) is 66.2 cm³/mol. The van der Waals surface area contributed by atoms with E-state index >= 15 is 0 Å². The van der Waals surface area contributed by atoms with Crippen molar-refractivity contribution in [3.05, 3.63) is 30.1 Å². The number of methoxy groups -OCH3 is 1. The van der Waals surface area contributed by atoms with E-state index in [1.165, 1.54) is 31.4 Å². The molecule has 0 heterocycles. The van der Waals surface area contributed by atoms with Crippen molar-refractivity contribution in [1.29, 1.82) is 0 Å². The summed E-state index contributed by atoms with van der Waals surface area (Å²) in [6.45, 7) is 0.428. The number of amides is 1. The van der Waals surface area contributed by atoms with Crippen LogP contribution in [0, 0.1) is 5.82 Å². The lowest BCUT2D eigenvalue weighted by Gasteiger charge is -2.06. The molecule has 104 valence electrons. The quantitative estimate of drug-likeness (QED) is 0.757. The van der Waals surface area contributed by atoms with Gasteiger partial charge >= 0.3 is 5.97 Å². The Balaban J connectivity index is 2.13. The fourth-order valence-corrected chi connectivity index (χ4v) is 1.29. The van der Waals surface area contributed by atoms with Gasteiger partial charge in [-0.25, -0.2) is 4.39 Å². The number of carbonyl (C=O) groups is 2. The maximum atomic E-state index is 12.6.